The number of carbonyl (C=O) groups excluding carboxylic acids is 1. The molecule has 6 nitrogen and oxygen atoms in total. The van der Waals surface area contributed by atoms with Crippen LogP contribution in [0.3, 0.4) is 0 Å². The van der Waals surface area contributed by atoms with Gasteiger partial charge in [-0.25, -0.2) is 17.9 Å². The molecule has 3 rings (SSSR count). The van der Waals surface area contributed by atoms with Crippen molar-refractivity contribution in [3.8, 4) is 0 Å². The van der Waals surface area contributed by atoms with Gasteiger partial charge >= 0.3 is 6.03 Å². The summed E-state index contributed by atoms with van der Waals surface area (Å²) in [5, 5.41) is 2.67. The lowest BCUT2D eigenvalue weighted by Gasteiger charge is -2.19. The maximum Gasteiger partial charge on any atom is 0.328 e. The first-order valence-corrected chi connectivity index (χ1v) is 10.0. The summed E-state index contributed by atoms with van der Waals surface area (Å²) in [5.74, 6) is 0.273. The summed E-state index contributed by atoms with van der Waals surface area (Å²) in [6.07, 6.45) is 3.55. The number of carbonyl (C=O) groups is 1. The Morgan fingerprint density at radius 2 is 1.92 bits per heavy atom. The van der Waals surface area contributed by atoms with Crippen LogP contribution in [0.15, 0.2) is 35.2 Å². The summed E-state index contributed by atoms with van der Waals surface area (Å²) in [6, 6.07) is 8.54. The number of nitrogens with one attached hydrogen (secondary N) is 2. The number of hydrogen-bond donors (Lipinski definition) is 2. The second kappa shape index (κ2) is 7.17. The van der Waals surface area contributed by atoms with E-state index in [1.54, 1.807) is 6.92 Å². The lowest BCUT2D eigenvalue weighted by atomic mass is 9.89. The maximum atomic E-state index is 12.4. The van der Waals surface area contributed by atoms with Gasteiger partial charge in [-0.05, 0) is 44.2 Å². The van der Waals surface area contributed by atoms with E-state index in [-0.39, 0.29) is 16.9 Å². The molecular weight excluding hydrogens is 340 g/mol. The highest BCUT2D eigenvalue weighted by Crippen LogP contribution is 2.38. The van der Waals surface area contributed by atoms with E-state index in [0.717, 1.165) is 24.8 Å². The van der Waals surface area contributed by atoms with Gasteiger partial charge in [-0.1, -0.05) is 30.3 Å². The second-order valence-electron chi connectivity index (χ2n) is 6.73. The van der Waals surface area contributed by atoms with Crippen molar-refractivity contribution < 1.29 is 17.9 Å². The Labute approximate surface area is 148 Å². The molecule has 0 aromatic heterocycles. The highest BCUT2D eigenvalue weighted by molar-refractivity contribution is 7.94. The lowest BCUT2D eigenvalue weighted by molar-refractivity contribution is 0.0928. The third kappa shape index (κ3) is 4.04. The van der Waals surface area contributed by atoms with Crippen LogP contribution >= 0.6 is 0 Å². The quantitative estimate of drug-likeness (QED) is 0.841. The minimum absolute atomic E-state index is 0.136. The fraction of sp³-hybridized carbons (Fsp3) is 0.500. The fourth-order valence-corrected chi connectivity index (χ4v) is 4.50. The van der Waals surface area contributed by atoms with Crippen molar-refractivity contribution >= 4 is 21.6 Å². The third-order valence-electron chi connectivity index (χ3n) is 5.12. The van der Waals surface area contributed by atoms with Crippen LogP contribution in [0.4, 0.5) is 4.79 Å². The van der Waals surface area contributed by atoms with Gasteiger partial charge in [0.05, 0.1) is 17.1 Å². The van der Waals surface area contributed by atoms with Crippen LogP contribution in [-0.4, -0.2) is 33.2 Å². The number of hydrogen-bond acceptors (Lipinski definition) is 4. The Balaban J connectivity index is 1.59. The normalized spacial score (nSPS) is 26.2. The van der Waals surface area contributed by atoms with Crippen molar-refractivity contribution in [2.45, 2.75) is 45.3 Å². The largest absolute Gasteiger partial charge is 0.375 e. The van der Waals surface area contributed by atoms with Crippen LogP contribution in [0.2, 0.25) is 0 Å². The molecule has 0 spiro atoms. The van der Waals surface area contributed by atoms with Crippen LogP contribution in [0.1, 0.15) is 38.7 Å². The van der Waals surface area contributed by atoms with Crippen molar-refractivity contribution in [2.24, 2.45) is 5.92 Å². The Morgan fingerprint density at radius 3 is 2.52 bits per heavy atom. The molecule has 2 aliphatic heterocycles. The van der Waals surface area contributed by atoms with Gasteiger partial charge in [-0.15, -0.1) is 0 Å². The zero-order valence-corrected chi connectivity index (χ0v) is 15.3. The van der Waals surface area contributed by atoms with E-state index >= 15 is 0 Å². The number of fused-ring (bicyclic) bond motifs is 2. The molecule has 0 radical (unpaired) electrons. The average Bonchev–Trinajstić information content (AvgIpc) is 3.22. The molecule has 2 saturated heterocycles. The van der Waals surface area contributed by atoms with Crippen molar-refractivity contribution in [3.05, 3.63) is 40.8 Å². The number of urea groups is 1. The molecule has 2 N–H and O–H groups in total. The summed E-state index contributed by atoms with van der Waals surface area (Å²) in [6.45, 7) is 3.67. The number of allylic oxidation sites excluding steroid dienone is 2. The Kier molecular flexibility index (Phi) is 5.15. The summed E-state index contributed by atoms with van der Waals surface area (Å²) in [4.78, 5) is 12.2. The molecule has 0 saturated carbocycles. The van der Waals surface area contributed by atoms with Gasteiger partial charge in [0.15, 0.2) is 0 Å². The number of rotatable bonds is 5. The molecular formula is C18H24N2O4S. The monoisotopic (exact) mass is 364 g/mol. The molecule has 25 heavy (non-hydrogen) atoms. The first kappa shape index (κ1) is 17.9. The Morgan fingerprint density at radius 1 is 1.20 bits per heavy atom. The molecule has 1 aromatic rings. The number of ether oxygens (including phenoxy) is 1. The summed E-state index contributed by atoms with van der Waals surface area (Å²) < 4.78 is 32.7. The van der Waals surface area contributed by atoms with Gasteiger partial charge in [0.1, 0.15) is 0 Å². The molecule has 2 bridgehead atoms. The lowest BCUT2D eigenvalue weighted by Crippen LogP contribution is -2.42. The average molecular weight is 364 g/mol. The molecule has 3 unspecified atom stereocenters. The van der Waals surface area contributed by atoms with Gasteiger partial charge < -0.3 is 10.1 Å². The van der Waals surface area contributed by atoms with Crippen LogP contribution < -0.4 is 10.0 Å². The third-order valence-corrected chi connectivity index (χ3v) is 6.69. The van der Waals surface area contributed by atoms with E-state index in [1.807, 2.05) is 30.3 Å². The first-order valence-electron chi connectivity index (χ1n) is 8.56. The topological polar surface area (TPSA) is 84.5 Å². The molecule has 1 aromatic carbocycles. The van der Waals surface area contributed by atoms with Gasteiger partial charge in [-0.3, -0.25) is 0 Å². The minimum atomic E-state index is -3.88. The van der Waals surface area contributed by atoms with E-state index in [1.165, 1.54) is 6.92 Å². The zero-order chi connectivity index (χ0) is 18.0. The number of sulfonamides is 1. The molecule has 2 aliphatic rings. The zero-order valence-electron chi connectivity index (χ0n) is 14.5. The van der Waals surface area contributed by atoms with Crippen molar-refractivity contribution in [3.63, 3.8) is 0 Å². The van der Waals surface area contributed by atoms with Crippen LogP contribution in [0.25, 0.3) is 5.57 Å². The van der Waals surface area contributed by atoms with Crippen molar-refractivity contribution in [1.29, 1.82) is 0 Å². The predicted octanol–water partition coefficient (Wildman–Crippen LogP) is 2.63. The fourth-order valence-electron chi connectivity index (χ4n) is 3.51. The Bertz CT molecular complexity index is 774. The molecule has 2 fully saturated rings. The summed E-state index contributed by atoms with van der Waals surface area (Å²) in [5.41, 5.74) is 1.42. The molecule has 3 atom stereocenters. The molecule has 7 heteroatoms. The van der Waals surface area contributed by atoms with Gasteiger partial charge in [-0.2, -0.15) is 0 Å². The van der Waals surface area contributed by atoms with E-state index in [0.29, 0.717) is 18.2 Å². The SMILES string of the molecule is CC(=C(C)S(=O)(=O)NC(=O)NCC1CC2CCC1O2)c1ccccc1. The van der Waals surface area contributed by atoms with Gasteiger partial charge in [0.2, 0.25) is 0 Å². The highest BCUT2D eigenvalue weighted by Gasteiger charge is 2.40. The van der Waals surface area contributed by atoms with Gasteiger partial charge in [0, 0.05) is 12.5 Å². The standard InChI is InChI=1S/C18H24N2O4S/c1-12(14-6-4-3-5-7-14)13(2)25(22,23)20-18(21)19-11-15-10-16-8-9-17(15)24-16/h3-7,15-17H,8-11H2,1-2H3,(H2,19,20,21). The number of benzene rings is 1. The Hall–Kier alpha value is -1.86. The van der Waals surface area contributed by atoms with E-state index in [2.05, 4.69) is 10.0 Å². The highest BCUT2D eigenvalue weighted by atomic mass is 32.2. The van der Waals surface area contributed by atoms with Crippen molar-refractivity contribution in [1.82, 2.24) is 10.0 Å². The molecule has 2 amide bonds. The van der Waals surface area contributed by atoms with Gasteiger partial charge in [0.25, 0.3) is 10.0 Å². The van der Waals surface area contributed by atoms with Crippen LogP contribution in [0, 0.1) is 5.92 Å². The van der Waals surface area contributed by atoms with Crippen LogP contribution in [-0.2, 0) is 14.8 Å². The second-order valence-corrected chi connectivity index (χ2v) is 8.56. The first-order chi connectivity index (χ1) is 11.9. The summed E-state index contributed by atoms with van der Waals surface area (Å²) in [7, 11) is -3.88. The predicted molar refractivity (Wildman–Crippen MR) is 96.2 cm³/mol. The maximum absolute atomic E-state index is 12.4. The van der Waals surface area contributed by atoms with E-state index in [4.69, 9.17) is 4.74 Å². The van der Waals surface area contributed by atoms with Crippen LogP contribution in [0.5, 0.6) is 0 Å². The summed E-state index contributed by atoms with van der Waals surface area (Å²) >= 11 is 0. The molecule has 2 heterocycles. The van der Waals surface area contributed by atoms with E-state index in [9.17, 15) is 13.2 Å². The van der Waals surface area contributed by atoms with E-state index < -0.39 is 16.1 Å². The van der Waals surface area contributed by atoms with Crippen molar-refractivity contribution in [2.75, 3.05) is 6.54 Å². The molecule has 0 aliphatic carbocycles. The minimum Gasteiger partial charge on any atom is -0.375 e. The number of amides is 2. The smallest absolute Gasteiger partial charge is 0.328 e. The molecule has 136 valence electrons.